The smallest absolute Gasteiger partial charge is 0.0384 e. The van der Waals surface area contributed by atoms with E-state index in [-0.39, 0.29) is 0 Å². The average molecular weight is 245 g/mol. The van der Waals surface area contributed by atoms with Gasteiger partial charge in [0, 0.05) is 11.4 Å². The van der Waals surface area contributed by atoms with Gasteiger partial charge in [-0.1, -0.05) is 70.7 Å². The Labute approximate surface area is 113 Å². The van der Waals surface area contributed by atoms with E-state index in [1.165, 1.54) is 5.56 Å². The zero-order chi connectivity index (χ0) is 14.4. The topological polar surface area (TPSA) is 12.0 Å². The molecule has 0 saturated heterocycles. The summed E-state index contributed by atoms with van der Waals surface area (Å²) >= 11 is 0. The van der Waals surface area contributed by atoms with Crippen molar-refractivity contribution in [1.29, 1.82) is 0 Å². The maximum atomic E-state index is 3.86. The number of nitrogens with one attached hydrogen (secondary N) is 1. The molecular formula is C17H27N. The molecule has 100 valence electrons. The maximum Gasteiger partial charge on any atom is 0.0384 e. The predicted molar refractivity (Wildman–Crippen MR) is 86.0 cm³/mol. The van der Waals surface area contributed by atoms with Crippen LogP contribution in [0, 0.1) is 6.92 Å². The molecular weight excluding hydrogens is 218 g/mol. The largest absolute Gasteiger partial charge is 0.356 e. The minimum atomic E-state index is 0.855. The van der Waals surface area contributed by atoms with Crippen LogP contribution >= 0.6 is 0 Å². The number of hydrogen-bond acceptors (Lipinski definition) is 1. The molecule has 1 aromatic carbocycles. The highest BCUT2D eigenvalue weighted by Crippen LogP contribution is 2.10. The predicted octanol–water partition coefficient (Wildman–Crippen LogP) is 5.72. The minimum Gasteiger partial charge on any atom is -0.356 e. The van der Waals surface area contributed by atoms with Crippen LogP contribution in [0.2, 0.25) is 0 Å². The lowest BCUT2D eigenvalue weighted by molar-refractivity contribution is 1.43. The summed E-state index contributed by atoms with van der Waals surface area (Å²) in [4.78, 5) is 0. The Morgan fingerprint density at radius 1 is 1.06 bits per heavy atom. The van der Waals surface area contributed by atoms with E-state index < -0.39 is 0 Å². The van der Waals surface area contributed by atoms with Crippen LogP contribution in [0.1, 0.15) is 33.3 Å². The van der Waals surface area contributed by atoms with Gasteiger partial charge in [-0.15, -0.1) is 0 Å². The molecule has 1 nitrogen and oxygen atoms in total. The van der Waals surface area contributed by atoms with E-state index in [4.69, 9.17) is 0 Å². The Morgan fingerprint density at radius 2 is 1.56 bits per heavy atom. The van der Waals surface area contributed by atoms with E-state index >= 15 is 0 Å². The van der Waals surface area contributed by atoms with E-state index in [9.17, 15) is 0 Å². The summed E-state index contributed by atoms with van der Waals surface area (Å²) in [5.74, 6) is 0. The van der Waals surface area contributed by atoms with Crippen molar-refractivity contribution < 1.29 is 0 Å². The SMILES string of the molecule is C=C/C=C\C(=C)Nc1ccc(C)cc1.CC.CC. The first-order valence-electron chi connectivity index (χ1n) is 6.54. The Hall–Kier alpha value is -1.76. The van der Waals surface area contributed by atoms with Crippen molar-refractivity contribution in [3.8, 4) is 0 Å². The molecule has 18 heavy (non-hydrogen) atoms. The van der Waals surface area contributed by atoms with Crippen LogP contribution in [-0.2, 0) is 0 Å². The van der Waals surface area contributed by atoms with Gasteiger partial charge >= 0.3 is 0 Å². The van der Waals surface area contributed by atoms with Gasteiger partial charge in [0.05, 0.1) is 0 Å². The maximum absolute atomic E-state index is 3.86. The lowest BCUT2D eigenvalue weighted by Crippen LogP contribution is -1.94. The molecule has 0 bridgehead atoms. The zero-order valence-corrected chi connectivity index (χ0v) is 12.5. The molecule has 0 atom stereocenters. The summed E-state index contributed by atoms with van der Waals surface area (Å²) < 4.78 is 0. The second-order valence-electron chi connectivity index (χ2n) is 3.11. The Morgan fingerprint density at radius 3 is 2.00 bits per heavy atom. The summed E-state index contributed by atoms with van der Waals surface area (Å²) in [6.45, 7) is 17.5. The number of allylic oxidation sites excluding steroid dienone is 3. The number of benzene rings is 1. The van der Waals surface area contributed by atoms with Crippen LogP contribution in [0.15, 0.2) is 61.3 Å². The van der Waals surface area contributed by atoms with Gasteiger partial charge in [-0.25, -0.2) is 0 Å². The van der Waals surface area contributed by atoms with Crippen molar-refractivity contribution >= 4 is 5.69 Å². The normalized spacial score (nSPS) is 8.50. The van der Waals surface area contributed by atoms with Gasteiger partial charge in [-0.3, -0.25) is 0 Å². The molecule has 0 aliphatic heterocycles. The van der Waals surface area contributed by atoms with Gasteiger partial charge in [0.2, 0.25) is 0 Å². The highest BCUT2D eigenvalue weighted by Gasteiger charge is 1.90. The second kappa shape index (κ2) is 13.3. The zero-order valence-electron chi connectivity index (χ0n) is 12.5. The molecule has 1 N–H and O–H groups in total. The van der Waals surface area contributed by atoms with Gasteiger partial charge < -0.3 is 5.32 Å². The fourth-order valence-electron chi connectivity index (χ4n) is 1.05. The van der Waals surface area contributed by atoms with Crippen LogP contribution in [-0.4, -0.2) is 0 Å². The lowest BCUT2D eigenvalue weighted by Gasteiger charge is -2.05. The standard InChI is InChI=1S/C13H15N.2C2H6/c1-4-5-6-12(3)14-13-9-7-11(2)8-10-13;2*1-2/h4-10,14H,1,3H2,2H3;2*1-2H3/b6-5-;;. The molecule has 0 spiro atoms. The highest BCUT2D eigenvalue weighted by atomic mass is 14.9. The molecule has 0 fully saturated rings. The van der Waals surface area contributed by atoms with Gasteiger partial charge in [0.15, 0.2) is 0 Å². The van der Waals surface area contributed by atoms with Crippen molar-refractivity contribution in [2.45, 2.75) is 34.6 Å². The molecule has 0 aliphatic rings. The van der Waals surface area contributed by atoms with Crippen molar-refractivity contribution in [3.05, 3.63) is 66.9 Å². The molecule has 0 aromatic heterocycles. The van der Waals surface area contributed by atoms with Crippen molar-refractivity contribution in [1.82, 2.24) is 0 Å². The van der Waals surface area contributed by atoms with E-state index in [1.54, 1.807) is 6.08 Å². The Kier molecular flexibility index (Phi) is 13.7. The number of hydrogen-bond donors (Lipinski definition) is 1. The monoisotopic (exact) mass is 245 g/mol. The quantitative estimate of drug-likeness (QED) is 0.669. The summed E-state index contributed by atoms with van der Waals surface area (Å²) in [6, 6.07) is 8.18. The first-order valence-corrected chi connectivity index (χ1v) is 6.54. The molecule has 0 heterocycles. The fourth-order valence-corrected chi connectivity index (χ4v) is 1.05. The molecule has 1 aromatic rings. The number of anilines is 1. The molecule has 1 rings (SSSR count). The molecule has 1 heteroatoms. The van der Waals surface area contributed by atoms with Gasteiger partial charge in [0.25, 0.3) is 0 Å². The third kappa shape index (κ3) is 9.46. The molecule has 0 saturated carbocycles. The van der Waals surface area contributed by atoms with Crippen molar-refractivity contribution in [2.24, 2.45) is 0 Å². The minimum absolute atomic E-state index is 0.855. The van der Waals surface area contributed by atoms with Crippen LogP contribution in [0.4, 0.5) is 5.69 Å². The van der Waals surface area contributed by atoms with E-state index in [1.807, 2.05) is 52.0 Å². The third-order valence-electron chi connectivity index (χ3n) is 1.79. The van der Waals surface area contributed by atoms with Crippen molar-refractivity contribution in [3.63, 3.8) is 0 Å². The highest BCUT2D eigenvalue weighted by molar-refractivity contribution is 5.50. The van der Waals surface area contributed by atoms with Crippen molar-refractivity contribution in [2.75, 3.05) is 5.32 Å². The van der Waals surface area contributed by atoms with Crippen LogP contribution in [0.5, 0.6) is 0 Å². The molecule has 0 aliphatic carbocycles. The fraction of sp³-hybridized carbons (Fsp3) is 0.294. The summed E-state index contributed by atoms with van der Waals surface area (Å²) in [7, 11) is 0. The van der Waals surface area contributed by atoms with Gasteiger partial charge in [-0.05, 0) is 25.1 Å². The number of rotatable bonds is 4. The van der Waals surface area contributed by atoms with Crippen LogP contribution in [0.3, 0.4) is 0 Å². The summed E-state index contributed by atoms with van der Waals surface area (Å²) in [6.07, 6.45) is 5.46. The van der Waals surface area contributed by atoms with Gasteiger partial charge in [0.1, 0.15) is 0 Å². The van der Waals surface area contributed by atoms with Crippen LogP contribution in [0.25, 0.3) is 0 Å². The summed E-state index contributed by atoms with van der Waals surface area (Å²) in [5.41, 5.74) is 3.16. The Balaban J connectivity index is 0. The van der Waals surface area contributed by atoms with E-state index in [0.717, 1.165) is 11.4 Å². The van der Waals surface area contributed by atoms with Crippen LogP contribution < -0.4 is 5.32 Å². The van der Waals surface area contributed by atoms with E-state index in [2.05, 4.69) is 37.5 Å². The lowest BCUT2D eigenvalue weighted by atomic mass is 10.2. The average Bonchev–Trinajstić information content (AvgIpc) is 2.43. The third-order valence-corrected chi connectivity index (χ3v) is 1.79. The first-order chi connectivity index (χ1) is 8.72. The van der Waals surface area contributed by atoms with Gasteiger partial charge in [-0.2, -0.15) is 0 Å². The molecule has 0 amide bonds. The van der Waals surface area contributed by atoms with E-state index in [0.29, 0.717) is 0 Å². The first kappa shape index (κ1) is 18.6. The number of aryl methyl sites for hydroxylation is 1. The Bertz CT molecular complexity index is 344. The molecule has 0 radical (unpaired) electrons. The molecule has 0 unspecified atom stereocenters. The second-order valence-corrected chi connectivity index (χ2v) is 3.11. The summed E-state index contributed by atoms with van der Waals surface area (Å²) in [5, 5.41) is 3.17.